The zero-order valence-electron chi connectivity index (χ0n) is 13.1. The first-order chi connectivity index (χ1) is 11.2. The van der Waals surface area contributed by atoms with E-state index in [0.717, 1.165) is 24.3 Å². The summed E-state index contributed by atoms with van der Waals surface area (Å²) < 4.78 is 18.3. The van der Waals surface area contributed by atoms with Crippen molar-refractivity contribution in [2.24, 2.45) is 7.05 Å². The minimum atomic E-state index is -0.276. The maximum atomic E-state index is 5.76. The van der Waals surface area contributed by atoms with E-state index >= 15 is 0 Å². The quantitative estimate of drug-likeness (QED) is 0.743. The van der Waals surface area contributed by atoms with Crippen molar-refractivity contribution in [1.29, 1.82) is 0 Å². The first-order valence-electron chi connectivity index (χ1n) is 7.59. The molecule has 23 heavy (non-hydrogen) atoms. The molecular weight excluding hydrogens is 298 g/mol. The summed E-state index contributed by atoms with van der Waals surface area (Å²) in [6.45, 7) is 2.58. The zero-order valence-corrected chi connectivity index (χ0v) is 13.1. The lowest BCUT2D eigenvalue weighted by Gasteiger charge is -2.12. The Labute approximate surface area is 134 Å². The standard InChI is InChI=1S/C15H21N5O3/c1-20-15(18-14(16)19-20)17-6-3-7-21-12-5-2-4-11(10-12)13-22-8-9-23-13/h2,4-5,10,13H,3,6-9H2,1H3,(H3,16,17,18,19). The molecular formula is C15H21N5O3. The summed E-state index contributed by atoms with van der Waals surface area (Å²) in [6, 6.07) is 7.79. The van der Waals surface area contributed by atoms with E-state index in [2.05, 4.69) is 15.4 Å². The Morgan fingerprint density at radius 2 is 2.22 bits per heavy atom. The fraction of sp³-hybridized carbons (Fsp3) is 0.467. The number of nitrogens with zero attached hydrogens (tertiary/aromatic N) is 3. The Hall–Kier alpha value is -2.32. The summed E-state index contributed by atoms with van der Waals surface area (Å²) in [4.78, 5) is 4.07. The van der Waals surface area contributed by atoms with Crippen LogP contribution in [0.5, 0.6) is 5.75 Å². The molecule has 0 spiro atoms. The number of hydrogen-bond donors (Lipinski definition) is 2. The molecule has 1 aromatic carbocycles. The lowest BCUT2D eigenvalue weighted by molar-refractivity contribution is -0.0442. The van der Waals surface area contributed by atoms with E-state index in [1.54, 1.807) is 11.7 Å². The van der Waals surface area contributed by atoms with Crippen molar-refractivity contribution in [2.45, 2.75) is 12.7 Å². The molecule has 0 radical (unpaired) electrons. The second kappa shape index (κ2) is 7.30. The van der Waals surface area contributed by atoms with Crippen LogP contribution in [0.2, 0.25) is 0 Å². The van der Waals surface area contributed by atoms with Crippen LogP contribution in [-0.2, 0) is 16.5 Å². The lowest BCUT2D eigenvalue weighted by atomic mass is 10.2. The van der Waals surface area contributed by atoms with Crippen molar-refractivity contribution in [3.8, 4) is 5.75 Å². The van der Waals surface area contributed by atoms with Crippen LogP contribution in [0.25, 0.3) is 0 Å². The molecule has 3 rings (SSSR count). The first kappa shape index (κ1) is 15.6. The number of nitrogens with one attached hydrogen (secondary N) is 1. The molecule has 0 aliphatic carbocycles. The highest BCUT2D eigenvalue weighted by atomic mass is 16.7. The maximum absolute atomic E-state index is 5.76. The predicted octanol–water partition coefficient (Wildman–Crippen LogP) is 1.32. The number of ether oxygens (including phenoxy) is 3. The van der Waals surface area contributed by atoms with E-state index < -0.39 is 0 Å². The summed E-state index contributed by atoms with van der Waals surface area (Å²) in [5.41, 5.74) is 6.50. The average Bonchev–Trinajstić information content (AvgIpc) is 3.17. The molecule has 0 amide bonds. The minimum Gasteiger partial charge on any atom is -0.494 e. The first-order valence-corrected chi connectivity index (χ1v) is 7.59. The highest BCUT2D eigenvalue weighted by molar-refractivity contribution is 5.31. The molecule has 1 aromatic heterocycles. The monoisotopic (exact) mass is 319 g/mol. The van der Waals surface area contributed by atoms with Gasteiger partial charge in [0.2, 0.25) is 11.9 Å². The van der Waals surface area contributed by atoms with Crippen molar-refractivity contribution >= 4 is 11.9 Å². The zero-order chi connectivity index (χ0) is 16.1. The highest BCUT2D eigenvalue weighted by Crippen LogP contribution is 2.26. The van der Waals surface area contributed by atoms with E-state index in [1.807, 2.05) is 24.3 Å². The average molecular weight is 319 g/mol. The molecule has 0 atom stereocenters. The number of anilines is 2. The minimum absolute atomic E-state index is 0.263. The lowest BCUT2D eigenvalue weighted by Crippen LogP contribution is -2.10. The second-order valence-electron chi connectivity index (χ2n) is 5.19. The van der Waals surface area contributed by atoms with Gasteiger partial charge in [-0.15, -0.1) is 5.10 Å². The van der Waals surface area contributed by atoms with E-state index in [-0.39, 0.29) is 12.2 Å². The molecule has 2 aromatic rings. The van der Waals surface area contributed by atoms with Gasteiger partial charge in [-0.25, -0.2) is 4.68 Å². The van der Waals surface area contributed by atoms with Crippen LogP contribution in [0.4, 0.5) is 11.9 Å². The van der Waals surface area contributed by atoms with Crippen LogP contribution in [-0.4, -0.2) is 41.1 Å². The fourth-order valence-corrected chi connectivity index (χ4v) is 2.32. The molecule has 124 valence electrons. The van der Waals surface area contributed by atoms with Crippen LogP contribution in [0, 0.1) is 0 Å². The van der Waals surface area contributed by atoms with Crippen molar-refractivity contribution in [1.82, 2.24) is 14.8 Å². The van der Waals surface area contributed by atoms with Gasteiger partial charge in [-0.2, -0.15) is 4.98 Å². The van der Waals surface area contributed by atoms with Crippen LogP contribution in [0.3, 0.4) is 0 Å². The van der Waals surface area contributed by atoms with Crippen LogP contribution < -0.4 is 15.8 Å². The van der Waals surface area contributed by atoms with Crippen LogP contribution in [0.15, 0.2) is 24.3 Å². The SMILES string of the molecule is Cn1nc(N)nc1NCCCOc1cccc(C2OCCO2)c1. The molecule has 1 aliphatic rings. The number of aryl methyl sites for hydroxylation is 1. The van der Waals surface area contributed by atoms with Gasteiger partial charge in [-0.3, -0.25) is 0 Å². The topological polar surface area (TPSA) is 96.5 Å². The summed E-state index contributed by atoms with van der Waals surface area (Å²) in [5.74, 6) is 1.73. The number of benzene rings is 1. The number of aromatic nitrogens is 3. The molecule has 2 heterocycles. The van der Waals surface area contributed by atoms with E-state index in [4.69, 9.17) is 19.9 Å². The number of hydrogen-bond acceptors (Lipinski definition) is 7. The van der Waals surface area contributed by atoms with Crippen molar-refractivity contribution in [2.75, 3.05) is 37.4 Å². The third kappa shape index (κ3) is 4.11. The number of nitrogen functional groups attached to an aromatic ring is 1. The molecule has 1 aliphatic heterocycles. The largest absolute Gasteiger partial charge is 0.494 e. The molecule has 0 saturated carbocycles. The van der Waals surface area contributed by atoms with Gasteiger partial charge in [-0.1, -0.05) is 12.1 Å². The van der Waals surface area contributed by atoms with Gasteiger partial charge in [0.05, 0.1) is 19.8 Å². The smallest absolute Gasteiger partial charge is 0.241 e. The molecule has 3 N–H and O–H groups in total. The summed E-state index contributed by atoms with van der Waals surface area (Å²) in [6.07, 6.45) is 0.551. The van der Waals surface area contributed by atoms with Crippen LogP contribution in [0.1, 0.15) is 18.3 Å². The Kier molecular flexibility index (Phi) is 4.94. The summed E-state index contributed by atoms with van der Waals surface area (Å²) >= 11 is 0. The van der Waals surface area contributed by atoms with Gasteiger partial charge in [-0.05, 0) is 18.6 Å². The van der Waals surface area contributed by atoms with Crippen LogP contribution >= 0.6 is 0 Å². The van der Waals surface area contributed by atoms with Crippen molar-refractivity contribution in [3.63, 3.8) is 0 Å². The maximum Gasteiger partial charge on any atom is 0.241 e. The van der Waals surface area contributed by atoms with E-state index in [1.165, 1.54) is 0 Å². The third-order valence-electron chi connectivity index (χ3n) is 3.40. The third-order valence-corrected chi connectivity index (χ3v) is 3.40. The Morgan fingerprint density at radius 1 is 1.39 bits per heavy atom. The van der Waals surface area contributed by atoms with Gasteiger partial charge in [0.15, 0.2) is 6.29 Å². The number of rotatable bonds is 7. The fourth-order valence-electron chi connectivity index (χ4n) is 2.32. The van der Waals surface area contributed by atoms with Crippen molar-refractivity contribution < 1.29 is 14.2 Å². The van der Waals surface area contributed by atoms with E-state index in [0.29, 0.717) is 25.8 Å². The molecule has 0 bridgehead atoms. The van der Waals surface area contributed by atoms with Gasteiger partial charge >= 0.3 is 0 Å². The normalized spacial score (nSPS) is 15.0. The molecule has 1 fully saturated rings. The summed E-state index contributed by atoms with van der Waals surface area (Å²) in [7, 11) is 1.79. The van der Waals surface area contributed by atoms with Gasteiger partial charge in [0, 0.05) is 19.2 Å². The van der Waals surface area contributed by atoms with Gasteiger partial charge in [0.25, 0.3) is 0 Å². The Bertz CT molecular complexity index is 640. The molecule has 1 saturated heterocycles. The summed E-state index contributed by atoms with van der Waals surface area (Å²) in [5, 5.41) is 7.14. The highest BCUT2D eigenvalue weighted by Gasteiger charge is 2.18. The Morgan fingerprint density at radius 3 is 2.96 bits per heavy atom. The van der Waals surface area contributed by atoms with Gasteiger partial charge in [0.1, 0.15) is 5.75 Å². The predicted molar refractivity (Wildman–Crippen MR) is 85.1 cm³/mol. The van der Waals surface area contributed by atoms with Crippen molar-refractivity contribution in [3.05, 3.63) is 29.8 Å². The van der Waals surface area contributed by atoms with E-state index in [9.17, 15) is 0 Å². The molecule has 0 unspecified atom stereocenters. The second-order valence-corrected chi connectivity index (χ2v) is 5.19. The molecule has 8 heteroatoms. The molecule has 8 nitrogen and oxygen atoms in total. The van der Waals surface area contributed by atoms with Gasteiger partial charge < -0.3 is 25.3 Å². The Balaban J connectivity index is 1.42. The number of nitrogens with two attached hydrogens (primary N) is 1.